The van der Waals surface area contributed by atoms with E-state index in [1.807, 2.05) is 62.6 Å². The molecule has 6 rings (SSSR count). The number of nitrogens with zero attached hydrogens (tertiary/aromatic N) is 9. The summed E-state index contributed by atoms with van der Waals surface area (Å²) in [6.07, 6.45) is 3.65. The van der Waals surface area contributed by atoms with Gasteiger partial charge in [-0.1, -0.05) is 85.7 Å². The Labute approximate surface area is 394 Å². The van der Waals surface area contributed by atoms with Crippen molar-refractivity contribution in [2.45, 2.75) is 94.2 Å². The van der Waals surface area contributed by atoms with Gasteiger partial charge in [-0.25, -0.2) is 48.3 Å². The maximum Gasteiger partial charge on any atom is 0.249 e. The van der Waals surface area contributed by atoms with Gasteiger partial charge in [-0.05, 0) is 81.4 Å². The van der Waals surface area contributed by atoms with Gasteiger partial charge >= 0.3 is 0 Å². The van der Waals surface area contributed by atoms with E-state index in [0.717, 1.165) is 59.3 Å². The largest absolute Gasteiger partial charge is 0.373 e. The molecule has 2 fully saturated rings. The molecule has 2 saturated heterocycles. The summed E-state index contributed by atoms with van der Waals surface area (Å²) in [4.78, 5) is 34.2. The molecule has 6 heterocycles. The quantitative estimate of drug-likeness (QED) is 0.0855. The molecule has 0 radical (unpaired) electrons. The fourth-order valence-corrected chi connectivity index (χ4v) is 5.57. The summed E-state index contributed by atoms with van der Waals surface area (Å²) in [6.45, 7) is 25.6. The number of anilines is 3. The third-order valence-corrected chi connectivity index (χ3v) is 9.93. The Kier molecular flexibility index (Phi) is 33.6. The average Bonchev–Trinajstić information content (AvgIpc) is 3.13. The lowest BCUT2D eigenvalue weighted by Crippen LogP contribution is -2.38. The fourth-order valence-electron chi connectivity index (χ4n) is 3.88. The molecule has 22 heteroatoms. The van der Waals surface area contributed by atoms with Crippen molar-refractivity contribution in [3.8, 4) is 0 Å². The van der Waals surface area contributed by atoms with Gasteiger partial charge in [0.2, 0.25) is 15.0 Å². The van der Waals surface area contributed by atoms with Crippen LogP contribution in [0.25, 0.3) is 0 Å². The van der Waals surface area contributed by atoms with Crippen LogP contribution in [0, 0.1) is 48.5 Å². The Bertz CT molecular complexity index is 1890. The molecular weight excluding hydrogens is 995 g/mol. The zero-order chi connectivity index (χ0) is 45.3. The molecule has 15 nitrogen and oxygen atoms in total. The van der Waals surface area contributed by atoms with E-state index in [-0.39, 0.29) is 39.4 Å². The number of aromatic nitrogens is 8. The molecule has 0 unspecified atom stereocenters. The van der Waals surface area contributed by atoms with E-state index in [0.29, 0.717) is 32.7 Å². The average molecular weight is 1060 g/mol. The summed E-state index contributed by atoms with van der Waals surface area (Å²) in [7, 11) is 1.75. The predicted octanol–water partition coefficient (Wildman–Crippen LogP) is 9.25. The predicted molar refractivity (Wildman–Crippen MR) is 261 cm³/mol. The monoisotopic (exact) mass is 1060 g/mol. The molecular formula is C37H63Cl5IN13O2S. The van der Waals surface area contributed by atoms with E-state index >= 15 is 0 Å². The van der Waals surface area contributed by atoms with E-state index in [2.05, 4.69) is 73.4 Å². The normalized spacial score (nSPS) is 11.6. The molecule has 5 N–H and O–H groups in total. The summed E-state index contributed by atoms with van der Waals surface area (Å²) < 4.78 is 22.0. The Balaban J connectivity index is -0.000000658. The minimum atomic E-state index is -3.46. The summed E-state index contributed by atoms with van der Waals surface area (Å²) in [5.41, 5.74) is 7.74. The van der Waals surface area contributed by atoms with Gasteiger partial charge < -0.3 is 26.6 Å². The van der Waals surface area contributed by atoms with Crippen molar-refractivity contribution in [3.05, 3.63) is 65.5 Å². The smallest absolute Gasteiger partial charge is 0.249 e. The highest BCUT2D eigenvalue weighted by Crippen LogP contribution is 2.26. The molecule has 0 bridgehead atoms. The summed E-state index contributed by atoms with van der Waals surface area (Å²) in [5, 5.41) is 10.3. The maximum absolute atomic E-state index is 11.0. The minimum Gasteiger partial charge on any atom is -0.373 e. The minimum absolute atomic E-state index is 0. The number of aryl methyl sites for hydroxylation is 3. The molecule has 0 saturated carbocycles. The van der Waals surface area contributed by atoms with Crippen LogP contribution in [0.5, 0.6) is 0 Å². The van der Waals surface area contributed by atoms with Crippen LogP contribution in [-0.4, -0.2) is 102 Å². The molecule has 0 atom stereocenters. The van der Waals surface area contributed by atoms with Gasteiger partial charge in [0, 0.05) is 55.7 Å². The van der Waals surface area contributed by atoms with Crippen LogP contribution in [0.4, 0.5) is 17.5 Å². The van der Waals surface area contributed by atoms with Crippen molar-refractivity contribution < 1.29 is 8.42 Å². The number of halogens is 6. The SMILES string of the molecule is C1CNC1.CC.CC.CN.CNc1nc(C)nc(Cl)c1C.CNc1nc(C)nc(N2CCC2)c1C.Cc1c(Cl)nc(S(C)(=O)=O)nc1Cl.Cc1nc(Cl)c(C)c(Cl)n1.I. The van der Waals surface area contributed by atoms with Gasteiger partial charge in [-0.15, -0.1) is 24.0 Å². The van der Waals surface area contributed by atoms with Crippen molar-refractivity contribution >= 4 is 109 Å². The lowest BCUT2D eigenvalue weighted by Gasteiger charge is -2.33. The van der Waals surface area contributed by atoms with Crippen molar-refractivity contribution in [2.75, 3.05) is 69.1 Å². The fraction of sp³-hybridized carbons (Fsp3) is 0.568. The molecule has 0 amide bonds. The number of sulfone groups is 1. The highest BCUT2D eigenvalue weighted by molar-refractivity contribution is 14.0. The molecule has 0 aliphatic carbocycles. The Morgan fingerprint density at radius 2 is 0.864 bits per heavy atom. The number of nitrogens with two attached hydrogens (primary N) is 1. The molecule has 4 aromatic rings. The number of hydrogen-bond acceptors (Lipinski definition) is 15. The molecule has 0 aromatic carbocycles. The lowest BCUT2D eigenvalue weighted by molar-refractivity contribution is 0.527. The van der Waals surface area contributed by atoms with Crippen LogP contribution < -0.4 is 26.6 Å². The number of hydrogen-bond donors (Lipinski definition) is 4. The molecule has 336 valence electrons. The first-order chi connectivity index (χ1) is 27.3. The van der Waals surface area contributed by atoms with Gasteiger partial charge in [-0.3, -0.25) is 0 Å². The van der Waals surface area contributed by atoms with Crippen LogP contribution in [-0.2, 0) is 9.84 Å². The highest BCUT2D eigenvalue weighted by Gasteiger charge is 2.20. The van der Waals surface area contributed by atoms with Gasteiger partial charge in [0.15, 0.2) is 0 Å². The first-order valence-corrected chi connectivity index (χ1v) is 22.4. The van der Waals surface area contributed by atoms with Gasteiger partial charge in [0.05, 0.1) is 0 Å². The third kappa shape index (κ3) is 21.9. The summed E-state index contributed by atoms with van der Waals surface area (Å²) in [5.74, 6) is 4.95. The third-order valence-electron chi connectivity index (χ3n) is 7.24. The Morgan fingerprint density at radius 1 is 0.559 bits per heavy atom. The van der Waals surface area contributed by atoms with E-state index in [1.165, 1.54) is 33.0 Å². The zero-order valence-corrected chi connectivity index (χ0v) is 43.8. The van der Waals surface area contributed by atoms with E-state index in [1.54, 1.807) is 20.8 Å². The molecule has 4 aromatic heterocycles. The molecule has 2 aliphatic heterocycles. The first-order valence-electron chi connectivity index (χ1n) is 18.6. The second-order valence-electron chi connectivity index (χ2n) is 11.5. The number of rotatable bonds is 4. The zero-order valence-electron chi connectivity index (χ0n) is 36.9. The van der Waals surface area contributed by atoms with Crippen molar-refractivity contribution in [3.63, 3.8) is 0 Å². The first kappa shape index (κ1) is 61.1. The van der Waals surface area contributed by atoms with Gasteiger partial charge in [0.25, 0.3) is 0 Å². The van der Waals surface area contributed by atoms with Crippen LogP contribution in [0.2, 0.25) is 25.8 Å². The van der Waals surface area contributed by atoms with Crippen molar-refractivity contribution in [1.82, 2.24) is 45.2 Å². The molecule has 59 heavy (non-hydrogen) atoms. The highest BCUT2D eigenvalue weighted by atomic mass is 127. The van der Waals surface area contributed by atoms with E-state index in [4.69, 9.17) is 58.0 Å². The second-order valence-corrected chi connectivity index (χ2v) is 15.2. The van der Waals surface area contributed by atoms with Crippen molar-refractivity contribution in [2.24, 2.45) is 5.73 Å². The molecule has 0 spiro atoms. The lowest BCUT2D eigenvalue weighted by atomic mass is 10.2. The maximum atomic E-state index is 11.0. The Hall–Kier alpha value is -2.23. The summed E-state index contributed by atoms with van der Waals surface area (Å²) >= 11 is 28.4. The van der Waals surface area contributed by atoms with Crippen LogP contribution in [0.15, 0.2) is 5.16 Å². The van der Waals surface area contributed by atoms with Gasteiger partial charge in [0.1, 0.15) is 60.7 Å². The van der Waals surface area contributed by atoms with Crippen molar-refractivity contribution in [1.29, 1.82) is 0 Å². The number of nitrogens with one attached hydrogen (secondary N) is 3. The van der Waals surface area contributed by atoms with Crippen LogP contribution in [0.1, 0.15) is 80.3 Å². The van der Waals surface area contributed by atoms with Crippen LogP contribution in [0.3, 0.4) is 0 Å². The standard InChI is InChI=1S/C10H16N4.C7H10ClN3.C6H6Cl2N2O2S.C6H6Cl2N2.C3H7N.2C2H6.CH5N.HI/c1-7-9(11-3)12-8(2)13-10(7)14-5-4-6-14;1-4-6(8)10-5(2)11-7(4)9-3;1-3-4(7)9-6(10-5(3)8)13(2,11)12;1-3-5(7)9-4(2)10-6(3)8;1-2-4-3-1;3*1-2;/h4-6H2,1-3H3,(H,11,12,13);1-3H3,(H,9,10,11);1-2H3;1-2H3;4H,1-3H2;2*1-2H3;2H2,1H3;1H. The van der Waals surface area contributed by atoms with E-state index in [9.17, 15) is 8.42 Å². The summed E-state index contributed by atoms with van der Waals surface area (Å²) in [6, 6.07) is 0. The second kappa shape index (κ2) is 32.5. The van der Waals surface area contributed by atoms with Gasteiger partial charge in [-0.2, -0.15) is 0 Å². The Morgan fingerprint density at radius 3 is 1.17 bits per heavy atom. The van der Waals surface area contributed by atoms with E-state index < -0.39 is 9.84 Å². The van der Waals surface area contributed by atoms with Crippen LogP contribution >= 0.6 is 82.0 Å². The molecule has 2 aliphatic rings. The topological polar surface area (TPSA) is 203 Å².